The molecule has 0 saturated heterocycles. The summed E-state index contributed by atoms with van der Waals surface area (Å²) < 4.78 is 11.4. The molecule has 0 amide bonds. The molecule has 0 spiro atoms. The van der Waals surface area contributed by atoms with Gasteiger partial charge in [0, 0.05) is 13.5 Å². The van der Waals surface area contributed by atoms with Crippen molar-refractivity contribution in [2.75, 3.05) is 7.11 Å². The average Bonchev–Trinajstić information content (AvgIpc) is 2.57. The van der Waals surface area contributed by atoms with Crippen LogP contribution in [0.3, 0.4) is 0 Å². The first-order chi connectivity index (χ1) is 11.1. The predicted molar refractivity (Wildman–Crippen MR) is 91.7 cm³/mol. The molecule has 2 aromatic rings. The van der Waals surface area contributed by atoms with Crippen LogP contribution in [0.4, 0.5) is 0 Å². The van der Waals surface area contributed by atoms with Crippen molar-refractivity contribution in [2.24, 2.45) is 0 Å². The number of hydrogen-bond donors (Lipinski definition) is 0. The number of carbonyl (C=O) groups excluding carboxylic acids is 1. The molecule has 3 nitrogen and oxygen atoms in total. The molecule has 23 heavy (non-hydrogen) atoms. The van der Waals surface area contributed by atoms with Gasteiger partial charge in [-0.25, -0.2) is 0 Å². The number of hydrogen-bond acceptors (Lipinski definition) is 3. The highest BCUT2D eigenvalue weighted by Gasteiger charge is 2.21. The van der Waals surface area contributed by atoms with Crippen molar-refractivity contribution in [1.29, 1.82) is 0 Å². The number of Topliss-reactive ketones (excluding diaryl/α,β-unsaturated/α-hetero) is 1. The van der Waals surface area contributed by atoms with E-state index in [0.29, 0.717) is 13.0 Å². The lowest BCUT2D eigenvalue weighted by Crippen LogP contribution is -2.16. The molecule has 0 saturated carbocycles. The number of methoxy groups -OCH3 is 1. The second-order valence-corrected chi connectivity index (χ2v) is 5.69. The number of ketones is 1. The highest BCUT2D eigenvalue weighted by molar-refractivity contribution is 5.84. The van der Waals surface area contributed by atoms with E-state index in [9.17, 15) is 4.79 Å². The fourth-order valence-electron chi connectivity index (χ4n) is 2.56. The summed E-state index contributed by atoms with van der Waals surface area (Å²) in [5.41, 5.74) is 4.12. The largest absolute Gasteiger partial charge is 0.489 e. The minimum atomic E-state index is -0.529. The van der Waals surface area contributed by atoms with Crippen molar-refractivity contribution in [1.82, 2.24) is 0 Å². The van der Waals surface area contributed by atoms with Crippen molar-refractivity contribution in [3.05, 3.63) is 64.7 Å². The molecule has 2 aromatic carbocycles. The second kappa shape index (κ2) is 7.93. The first kappa shape index (κ1) is 17.2. The molecule has 1 atom stereocenters. The highest BCUT2D eigenvalue weighted by Crippen LogP contribution is 2.26. The Labute approximate surface area is 138 Å². The zero-order valence-electron chi connectivity index (χ0n) is 14.3. The van der Waals surface area contributed by atoms with Gasteiger partial charge in [-0.1, -0.05) is 43.3 Å². The standard InChI is InChI=1S/C20H24O3/c1-5-18(21)20(22-4)17-9-7-6-8-16(17)13-23-19-12-14(2)10-11-15(19)3/h6-12,20H,5,13H2,1-4H3/t20-/m1/s1. The van der Waals surface area contributed by atoms with Gasteiger partial charge < -0.3 is 9.47 Å². The summed E-state index contributed by atoms with van der Waals surface area (Å²) in [5.74, 6) is 0.947. The molecule has 2 rings (SSSR count). The van der Waals surface area contributed by atoms with Gasteiger partial charge in [0.15, 0.2) is 5.78 Å². The van der Waals surface area contributed by atoms with E-state index in [-0.39, 0.29) is 5.78 Å². The number of carbonyl (C=O) groups is 1. The summed E-state index contributed by atoms with van der Waals surface area (Å²) in [7, 11) is 1.57. The predicted octanol–water partition coefficient (Wildman–Crippen LogP) is 4.55. The normalized spacial score (nSPS) is 12.0. The zero-order valence-corrected chi connectivity index (χ0v) is 14.3. The van der Waals surface area contributed by atoms with Crippen LogP contribution in [0.2, 0.25) is 0 Å². The molecular formula is C20H24O3. The topological polar surface area (TPSA) is 35.5 Å². The molecule has 0 unspecified atom stereocenters. The molecule has 0 bridgehead atoms. The maximum Gasteiger partial charge on any atom is 0.165 e. The molecule has 0 aromatic heterocycles. The van der Waals surface area contributed by atoms with Crippen LogP contribution < -0.4 is 4.74 Å². The van der Waals surface area contributed by atoms with Crippen LogP contribution in [0, 0.1) is 13.8 Å². The van der Waals surface area contributed by atoms with Crippen LogP contribution in [-0.2, 0) is 16.1 Å². The van der Waals surface area contributed by atoms with Gasteiger partial charge in [0.2, 0.25) is 0 Å². The van der Waals surface area contributed by atoms with Crippen LogP contribution in [0.25, 0.3) is 0 Å². The molecule has 0 fully saturated rings. The number of benzene rings is 2. The van der Waals surface area contributed by atoms with E-state index in [1.807, 2.05) is 51.1 Å². The Hall–Kier alpha value is -2.13. The van der Waals surface area contributed by atoms with E-state index in [1.54, 1.807) is 7.11 Å². The lowest BCUT2D eigenvalue weighted by Gasteiger charge is -2.18. The van der Waals surface area contributed by atoms with Gasteiger partial charge >= 0.3 is 0 Å². The van der Waals surface area contributed by atoms with Crippen molar-refractivity contribution in [3.8, 4) is 5.75 Å². The van der Waals surface area contributed by atoms with Crippen LogP contribution in [0.15, 0.2) is 42.5 Å². The third kappa shape index (κ3) is 4.20. The van der Waals surface area contributed by atoms with E-state index in [0.717, 1.165) is 28.0 Å². The Morgan fingerprint density at radius 3 is 2.57 bits per heavy atom. The van der Waals surface area contributed by atoms with Crippen molar-refractivity contribution in [2.45, 2.75) is 39.9 Å². The van der Waals surface area contributed by atoms with Crippen LogP contribution in [0.1, 0.15) is 41.7 Å². The highest BCUT2D eigenvalue weighted by atomic mass is 16.5. The molecule has 0 aliphatic heterocycles. The quantitative estimate of drug-likeness (QED) is 0.752. The minimum Gasteiger partial charge on any atom is -0.489 e. The smallest absolute Gasteiger partial charge is 0.165 e. The number of aryl methyl sites for hydroxylation is 2. The third-order valence-corrected chi connectivity index (χ3v) is 3.94. The van der Waals surface area contributed by atoms with Gasteiger partial charge in [-0.3, -0.25) is 4.79 Å². The summed E-state index contributed by atoms with van der Waals surface area (Å²) in [6.07, 6.45) is -0.0802. The summed E-state index contributed by atoms with van der Waals surface area (Å²) in [6.45, 7) is 6.33. The SMILES string of the molecule is CCC(=O)[C@H](OC)c1ccccc1COc1cc(C)ccc1C. The molecule has 0 N–H and O–H groups in total. The lowest BCUT2D eigenvalue weighted by molar-refractivity contribution is -0.128. The van der Waals surface area contributed by atoms with Crippen molar-refractivity contribution < 1.29 is 14.3 Å². The Balaban J connectivity index is 2.23. The summed E-state index contributed by atoms with van der Waals surface area (Å²) >= 11 is 0. The number of rotatable bonds is 7. The molecule has 0 aliphatic carbocycles. The zero-order chi connectivity index (χ0) is 16.8. The lowest BCUT2D eigenvalue weighted by atomic mass is 9.98. The third-order valence-electron chi connectivity index (χ3n) is 3.94. The fourth-order valence-corrected chi connectivity index (χ4v) is 2.56. The first-order valence-corrected chi connectivity index (χ1v) is 7.90. The van der Waals surface area contributed by atoms with Crippen LogP contribution in [-0.4, -0.2) is 12.9 Å². The van der Waals surface area contributed by atoms with Gasteiger partial charge in [0.25, 0.3) is 0 Å². The summed E-state index contributed by atoms with van der Waals surface area (Å²) in [4.78, 5) is 12.1. The molecule has 0 radical (unpaired) electrons. The summed E-state index contributed by atoms with van der Waals surface area (Å²) in [6, 6.07) is 13.9. The van der Waals surface area contributed by atoms with Crippen molar-refractivity contribution >= 4 is 5.78 Å². The van der Waals surface area contributed by atoms with Gasteiger partial charge in [0.05, 0.1) is 0 Å². The second-order valence-electron chi connectivity index (χ2n) is 5.69. The van der Waals surface area contributed by atoms with Crippen LogP contribution in [0.5, 0.6) is 5.75 Å². The first-order valence-electron chi connectivity index (χ1n) is 7.90. The van der Waals surface area contributed by atoms with Gasteiger partial charge in [-0.2, -0.15) is 0 Å². The van der Waals surface area contributed by atoms with Crippen LogP contribution >= 0.6 is 0 Å². The van der Waals surface area contributed by atoms with E-state index < -0.39 is 6.10 Å². The van der Waals surface area contributed by atoms with E-state index >= 15 is 0 Å². The molecule has 122 valence electrons. The Morgan fingerprint density at radius 1 is 1.13 bits per heavy atom. The minimum absolute atomic E-state index is 0.0756. The van der Waals surface area contributed by atoms with E-state index in [2.05, 4.69) is 12.1 Å². The summed E-state index contributed by atoms with van der Waals surface area (Å²) in [5, 5.41) is 0. The van der Waals surface area contributed by atoms with Crippen molar-refractivity contribution in [3.63, 3.8) is 0 Å². The van der Waals surface area contributed by atoms with E-state index in [1.165, 1.54) is 0 Å². The monoisotopic (exact) mass is 312 g/mol. The average molecular weight is 312 g/mol. The number of ether oxygens (including phenoxy) is 2. The Kier molecular flexibility index (Phi) is 5.94. The van der Waals surface area contributed by atoms with Gasteiger partial charge in [-0.05, 0) is 42.2 Å². The molecule has 0 heterocycles. The molecule has 0 aliphatic rings. The molecule has 3 heteroatoms. The Morgan fingerprint density at radius 2 is 1.87 bits per heavy atom. The maximum atomic E-state index is 12.1. The van der Waals surface area contributed by atoms with E-state index in [4.69, 9.17) is 9.47 Å². The van der Waals surface area contributed by atoms with Gasteiger partial charge in [0.1, 0.15) is 18.5 Å². The fraction of sp³-hybridized carbons (Fsp3) is 0.350. The maximum absolute atomic E-state index is 12.1. The Bertz CT molecular complexity index is 676. The van der Waals surface area contributed by atoms with Gasteiger partial charge in [-0.15, -0.1) is 0 Å². The molecular weight excluding hydrogens is 288 g/mol.